The molecule has 0 aromatic heterocycles. The second-order valence-electron chi connectivity index (χ2n) is 4.26. The van der Waals surface area contributed by atoms with Crippen molar-refractivity contribution in [3.8, 4) is 11.5 Å². The molecule has 0 aliphatic carbocycles. The molecular formula is C14H10BrNO5. The zero-order valence-corrected chi connectivity index (χ0v) is 12.5. The molecule has 0 fully saturated rings. The summed E-state index contributed by atoms with van der Waals surface area (Å²) in [5.41, 5.74) is 0.633. The van der Waals surface area contributed by atoms with Crippen LogP contribution in [0.5, 0.6) is 11.5 Å². The van der Waals surface area contributed by atoms with Gasteiger partial charge in [-0.2, -0.15) is 0 Å². The SMILES string of the molecule is Cc1cc(Oc2cc([N+](=O)[O-])ccc2Br)ccc1C(=O)O. The Kier molecular flexibility index (Phi) is 4.23. The number of carboxylic acid groups (broad SMARTS) is 1. The van der Waals surface area contributed by atoms with Crippen molar-refractivity contribution in [1.29, 1.82) is 0 Å². The Morgan fingerprint density at radius 2 is 2.00 bits per heavy atom. The van der Waals surface area contributed by atoms with Crippen molar-refractivity contribution in [2.75, 3.05) is 0 Å². The van der Waals surface area contributed by atoms with Crippen LogP contribution in [0.25, 0.3) is 0 Å². The molecule has 6 nitrogen and oxygen atoms in total. The van der Waals surface area contributed by atoms with Crippen LogP contribution in [-0.4, -0.2) is 16.0 Å². The van der Waals surface area contributed by atoms with Crippen LogP contribution in [0.1, 0.15) is 15.9 Å². The molecule has 108 valence electrons. The first kappa shape index (κ1) is 15.0. The Balaban J connectivity index is 2.34. The zero-order valence-electron chi connectivity index (χ0n) is 10.9. The summed E-state index contributed by atoms with van der Waals surface area (Å²) < 4.78 is 6.13. The van der Waals surface area contributed by atoms with Crippen LogP contribution in [0.3, 0.4) is 0 Å². The smallest absolute Gasteiger partial charge is 0.335 e. The minimum atomic E-state index is -1.02. The van der Waals surface area contributed by atoms with E-state index in [1.165, 1.54) is 30.3 Å². The standard InChI is InChI=1S/C14H10BrNO5/c1-8-6-10(3-4-11(8)14(17)18)21-13-7-9(16(19)20)2-5-12(13)15/h2-7H,1H3,(H,17,18). The summed E-state index contributed by atoms with van der Waals surface area (Å²) in [6.07, 6.45) is 0. The van der Waals surface area contributed by atoms with Crippen LogP contribution in [-0.2, 0) is 0 Å². The first-order chi connectivity index (χ1) is 9.88. The molecule has 0 amide bonds. The number of ether oxygens (including phenoxy) is 1. The van der Waals surface area contributed by atoms with Gasteiger partial charge >= 0.3 is 5.97 Å². The molecule has 0 saturated carbocycles. The average Bonchev–Trinajstić information content (AvgIpc) is 2.40. The average molecular weight is 352 g/mol. The highest BCUT2D eigenvalue weighted by Crippen LogP contribution is 2.33. The highest BCUT2D eigenvalue weighted by molar-refractivity contribution is 9.10. The fourth-order valence-corrected chi connectivity index (χ4v) is 2.08. The van der Waals surface area contributed by atoms with Gasteiger partial charge in [-0.25, -0.2) is 4.79 Å². The monoisotopic (exact) mass is 351 g/mol. The van der Waals surface area contributed by atoms with Crippen LogP contribution >= 0.6 is 15.9 Å². The summed E-state index contributed by atoms with van der Waals surface area (Å²) in [4.78, 5) is 21.2. The first-order valence-corrected chi connectivity index (χ1v) is 6.63. The molecule has 0 atom stereocenters. The molecule has 7 heteroatoms. The largest absolute Gasteiger partial charge is 0.478 e. The molecule has 1 N–H and O–H groups in total. The Bertz CT molecular complexity index is 729. The second-order valence-corrected chi connectivity index (χ2v) is 5.11. The first-order valence-electron chi connectivity index (χ1n) is 5.84. The number of nitro benzene ring substituents is 1. The number of non-ortho nitro benzene ring substituents is 1. The maximum Gasteiger partial charge on any atom is 0.335 e. The predicted octanol–water partition coefficient (Wildman–Crippen LogP) is 4.16. The Hall–Kier alpha value is -2.41. The molecule has 0 aliphatic rings. The van der Waals surface area contributed by atoms with Crippen molar-refractivity contribution in [3.05, 3.63) is 62.1 Å². The van der Waals surface area contributed by atoms with Gasteiger partial charge in [-0.3, -0.25) is 10.1 Å². The van der Waals surface area contributed by atoms with Gasteiger partial charge in [-0.15, -0.1) is 0 Å². The van der Waals surface area contributed by atoms with E-state index in [9.17, 15) is 14.9 Å². The van der Waals surface area contributed by atoms with Gasteiger partial charge < -0.3 is 9.84 Å². The highest BCUT2D eigenvalue weighted by Gasteiger charge is 2.13. The number of hydrogen-bond donors (Lipinski definition) is 1. The summed E-state index contributed by atoms with van der Waals surface area (Å²) >= 11 is 3.25. The van der Waals surface area contributed by atoms with E-state index in [0.717, 1.165) is 0 Å². The third-order valence-corrected chi connectivity index (χ3v) is 3.44. The van der Waals surface area contributed by atoms with E-state index in [0.29, 0.717) is 15.8 Å². The Morgan fingerprint density at radius 1 is 1.29 bits per heavy atom. The lowest BCUT2D eigenvalue weighted by atomic mass is 10.1. The molecular weight excluding hydrogens is 342 g/mol. The number of rotatable bonds is 4. The maximum absolute atomic E-state index is 10.9. The zero-order chi connectivity index (χ0) is 15.6. The highest BCUT2D eigenvalue weighted by atomic mass is 79.9. The summed E-state index contributed by atoms with van der Waals surface area (Å²) in [5, 5.41) is 19.7. The van der Waals surface area contributed by atoms with Gasteiger partial charge in [-0.05, 0) is 52.7 Å². The molecule has 2 aromatic rings. The Labute approximate surface area is 128 Å². The van der Waals surface area contributed by atoms with Crippen molar-refractivity contribution in [2.45, 2.75) is 6.92 Å². The van der Waals surface area contributed by atoms with E-state index in [-0.39, 0.29) is 17.0 Å². The van der Waals surface area contributed by atoms with Crippen molar-refractivity contribution >= 4 is 27.6 Å². The topological polar surface area (TPSA) is 89.7 Å². The molecule has 0 unspecified atom stereocenters. The van der Waals surface area contributed by atoms with E-state index >= 15 is 0 Å². The number of hydrogen-bond acceptors (Lipinski definition) is 4. The molecule has 21 heavy (non-hydrogen) atoms. The maximum atomic E-state index is 10.9. The van der Waals surface area contributed by atoms with Crippen molar-refractivity contribution in [1.82, 2.24) is 0 Å². The number of halogens is 1. The number of nitro groups is 1. The minimum absolute atomic E-state index is 0.0907. The molecule has 0 saturated heterocycles. The van der Waals surface area contributed by atoms with Crippen LogP contribution in [0, 0.1) is 17.0 Å². The third-order valence-electron chi connectivity index (χ3n) is 2.78. The van der Waals surface area contributed by atoms with Gasteiger partial charge in [0, 0.05) is 6.07 Å². The number of aromatic carboxylic acids is 1. The van der Waals surface area contributed by atoms with Crippen molar-refractivity contribution in [3.63, 3.8) is 0 Å². The molecule has 0 bridgehead atoms. The van der Waals surface area contributed by atoms with Gasteiger partial charge in [0.25, 0.3) is 5.69 Å². The summed E-state index contributed by atoms with van der Waals surface area (Å²) in [6.45, 7) is 1.65. The van der Waals surface area contributed by atoms with Crippen LogP contribution in [0.2, 0.25) is 0 Å². The number of benzene rings is 2. The summed E-state index contributed by atoms with van der Waals surface area (Å²) in [6, 6.07) is 8.67. The lowest BCUT2D eigenvalue weighted by Gasteiger charge is -2.09. The second kappa shape index (κ2) is 5.92. The fourth-order valence-electron chi connectivity index (χ4n) is 1.75. The minimum Gasteiger partial charge on any atom is -0.478 e. The van der Waals surface area contributed by atoms with E-state index in [4.69, 9.17) is 9.84 Å². The summed E-state index contributed by atoms with van der Waals surface area (Å²) in [5.74, 6) is -0.332. The molecule has 0 spiro atoms. The van der Waals surface area contributed by atoms with Crippen LogP contribution in [0.4, 0.5) is 5.69 Å². The normalized spacial score (nSPS) is 10.2. The lowest BCUT2D eigenvalue weighted by molar-refractivity contribution is -0.384. The van der Waals surface area contributed by atoms with Gasteiger partial charge in [-0.1, -0.05) is 0 Å². The van der Waals surface area contributed by atoms with Gasteiger partial charge in [0.1, 0.15) is 11.5 Å². The van der Waals surface area contributed by atoms with Gasteiger partial charge in [0.2, 0.25) is 0 Å². The lowest BCUT2D eigenvalue weighted by Crippen LogP contribution is -1.99. The molecule has 0 aliphatic heterocycles. The van der Waals surface area contributed by atoms with Gasteiger partial charge in [0.15, 0.2) is 0 Å². The molecule has 2 rings (SSSR count). The van der Waals surface area contributed by atoms with E-state index in [2.05, 4.69) is 15.9 Å². The molecule has 2 aromatic carbocycles. The van der Waals surface area contributed by atoms with Gasteiger partial charge in [0.05, 0.1) is 21.0 Å². The van der Waals surface area contributed by atoms with Crippen molar-refractivity contribution < 1.29 is 19.6 Å². The Morgan fingerprint density at radius 3 is 2.57 bits per heavy atom. The number of nitrogens with zero attached hydrogens (tertiary/aromatic N) is 1. The quantitative estimate of drug-likeness (QED) is 0.659. The van der Waals surface area contributed by atoms with E-state index < -0.39 is 10.9 Å². The summed E-state index contributed by atoms with van der Waals surface area (Å²) in [7, 11) is 0. The fraction of sp³-hybridized carbons (Fsp3) is 0.0714. The number of aryl methyl sites for hydroxylation is 1. The van der Waals surface area contributed by atoms with Crippen LogP contribution in [0.15, 0.2) is 40.9 Å². The predicted molar refractivity (Wildman–Crippen MR) is 79.0 cm³/mol. The molecule has 0 heterocycles. The van der Waals surface area contributed by atoms with E-state index in [1.807, 2.05) is 0 Å². The molecule has 0 radical (unpaired) electrons. The third kappa shape index (κ3) is 3.38. The number of carboxylic acids is 1. The van der Waals surface area contributed by atoms with E-state index in [1.54, 1.807) is 13.0 Å². The van der Waals surface area contributed by atoms with Crippen molar-refractivity contribution in [2.24, 2.45) is 0 Å². The number of carbonyl (C=O) groups is 1. The van der Waals surface area contributed by atoms with Crippen LogP contribution < -0.4 is 4.74 Å².